The van der Waals surface area contributed by atoms with Crippen molar-refractivity contribution in [2.45, 2.75) is 32.3 Å². The highest BCUT2D eigenvalue weighted by molar-refractivity contribution is 6.31. The van der Waals surface area contributed by atoms with Gasteiger partial charge in [0.2, 0.25) is 17.5 Å². The number of nitro benzene ring substituents is 1. The van der Waals surface area contributed by atoms with Gasteiger partial charge in [-0.05, 0) is 49.7 Å². The Kier molecular flexibility index (Phi) is 10.8. The predicted octanol–water partition coefficient (Wildman–Crippen LogP) is 5.21. The summed E-state index contributed by atoms with van der Waals surface area (Å²) in [6.07, 6.45) is -0.876. The van der Waals surface area contributed by atoms with E-state index in [0.29, 0.717) is 16.3 Å². The Labute approximate surface area is 239 Å². The Hall–Kier alpha value is -4.90. The Balaban J connectivity index is 1.39. The number of amides is 1. The second-order valence-electron chi connectivity index (χ2n) is 8.79. The number of esters is 2. The zero-order valence-electron chi connectivity index (χ0n) is 21.8. The van der Waals surface area contributed by atoms with Gasteiger partial charge in [-0.3, -0.25) is 29.3 Å². The monoisotopic (exact) mass is 580 g/mol. The number of benzene rings is 3. The van der Waals surface area contributed by atoms with Crippen molar-refractivity contribution in [3.63, 3.8) is 0 Å². The van der Waals surface area contributed by atoms with E-state index in [1.165, 1.54) is 55.5 Å². The van der Waals surface area contributed by atoms with E-state index >= 15 is 0 Å². The molecule has 41 heavy (non-hydrogen) atoms. The predicted molar refractivity (Wildman–Crippen MR) is 148 cm³/mol. The third-order valence-electron chi connectivity index (χ3n) is 5.69. The lowest BCUT2D eigenvalue weighted by molar-refractivity contribution is -0.384. The number of ketones is 2. The minimum atomic E-state index is -1.00. The van der Waals surface area contributed by atoms with Gasteiger partial charge in [0.15, 0.2) is 12.7 Å². The van der Waals surface area contributed by atoms with Crippen LogP contribution < -0.4 is 5.32 Å². The van der Waals surface area contributed by atoms with E-state index in [1.807, 2.05) is 0 Å². The number of hydrogen-bond donors (Lipinski definition) is 1. The van der Waals surface area contributed by atoms with Crippen molar-refractivity contribution in [2.75, 3.05) is 11.9 Å². The van der Waals surface area contributed by atoms with E-state index in [4.69, 9.17) is 21.1 Å². The van der Waals surface area contributed by atoms with Crippen molar-refractivity contribution in [2.24, 2.45) is 0 Å². The molecule has 0 aliphatic heterocycles. The maximum Gasteiger partial charge on any atom is 0.338 e. The van der Waals surface area contributed by atoms with Gasteiger partial charge in [0.05, 0.1) is 10.5 Å². The molecule has 0 heterocycles. The Morgan fingerprint density at radius 3 is 2.27 bits per heavy atom. The number of nitro groups is 1. The molecule has 0 aliphatic rings. The van der Waals surface area contributed by atoms with Crippen LogP contribution in [-0.4, -0.2) is 47.0 Å². The van der Waals surface area contributed by atoms with Crippen molar-refractivity contribution in [1.29, 1.82) is 0 Å². The first-order valence-electron chi connectivity index (χ1n) is 12.4. The topological polar surface area (TPSA) is 159 Å². The largest absolute Gasteiger partial charge is 0.454 e. The van der Waals surface area contributed by atoms with Gasteiger partial charge < -0.3 is 14.8 Å². The van der Waals surface area contributed by atoms with E-state index in [-0.39, 0.29) is 47.8 Å². The number of non-ortho nitro benzene ring substituents is 1. The molecule has 0 spiro atoms. The van der Waals surface area contributed by atoms with Gasteiger partial charge in [-0.1, -0.05) is 35.9 Å². The SMILES string of the molecule is CC(OC(=O)CCCC(=O)Nc1ccc(C(=O)OCC(=O)c2cccc([N+](=O)[O-])c2)cc1)C(=O)c1cccc(Cl)c1. The second kappa shape index (κ2) is 14.5. The minimum absolute atomic E-state index is 0.00920. The summed E-state index contributed by atoms with van der Waals surface area (Å²) in [5.74, 6) is -2.77. The molecule has 1 unspecified atom stereocenters. The number of nitrogens with zero attached hydrogens (tertiary/aromatic N) is 1. The number of halogens is 1. The molecule has 3 rings (SSSR count). The van der Waals surface area contributed by atoms with Crippen LogP contribution >= 0.6 is 11.6 Å². The molecular weight excluding hydrogens is 556 g/mol. The first-order valence-corrected chi connectivity index (χ1v) is 12.7. The van der Waals surface area contributed by atoms with Crippen LogP contribution in [0.25, 0.3) is 0 Å². The van der Waals surface area contributed by atoms with Crippen LogP contribution in [0, 0.1) is 10.1 Å². The van der Waals surface area contributed by atoms with Gasteiger partial charge in [0, 0.05) is 46.8 Å². The fourth-order valence-corrected chi connectivity index (χ4v) is 3.77. The van der Waals surface area contributed by atoms with Gasteiger partial charge in [-0.25, -0.2) is 4.79 Å². The molecule has 0 radical (unpaired) electrons. The number of carbonyl (C=O) groups excluding carboxylic acids is 5. The zero-order chi connectivity index (χ0) is 29.9. The van der Waals surface area contributed by atoms with Gasteiger partial charge in [0.1, 0.15) is 0 Å². The molecule has 0 fully saturated rings. The number of anilines is 1. The van der Waals surface area contributed by atoms with Crippen LogP contribution in [0.15, 0.2) is 72.8 Å². The third-order valence-corrected chi connectivity index (χ3v) is 5.92. The molecule has 0 aromatic heterocycles. The third kappa shape index (κ3) is 9.36. The summed E-state index contributed by atoms with van der Waals surface area (Å²) in [6, 6.07) is 17.1. The molecule has 3 aromatic rings. The molecular formula is C29H25ClN2O9. The molecule has 212 valence electrons. The van der Waals surface area contributed by atoms with E-state index in [1.54, 1.807) is 18.2 Å². The summed E-state index contributed by atoms with van der Waals surface area (Å²) in [7, 11) is 0. The van der Waals surface area contributed by atoms with E-state index in [9.17, 15) is 34.1 Å². The van der Waals surface area contributed by atoms with Gasteiger partial charge in [0.25, 0.3) is 5.69 Å². The van der Waals surface area contributed by atoms with Crippen LogP contribution in [0.2, 0.25) is 5.02 Å². The second-order valence-corrected chi connectivity index (χ2v) is 9.23. The highest BCUT2D eigenvalue weighted by atomic mass is 35.5. The summed E-state index contributed by atoms with van der Waals surface area (Å²) in [4.78, 5) is 71.4. The number of ether oxygens (including phenoxy) is 2. The van der Waals surface area contributed by atoms with Crippen molar-refractivity contribution < 1.29 is 38.4 Å². The number of Topliss-reactive ketones (excluding diaryl/α,β-unsaturated/α-hetero) is 2. The summed E-state index contributed by atoms with van der Waals surface area (Å²) in [5.41, 5.74) is 0.627. The molecule has 0 aliphatic carbocycles. The minimum Gasteiger partial charge on any atom is -0.454 e. The highest BCUT2D eigenvalue weighted by Gasteiger charge is 2.20. The molecule has 1 N–H and O–H groups in total. The molecule has 11 nitrogen and oxygen atoms in total. The van der Waals surface area contributed by atoms with Gasteiger partial charge in [-0.2, -0.15) is 0 Å². The lowest BCUT2D eigenvalue weighted by Crippen LogP contribution is -2.24. The van der Waals surface area contributed by atoms with Crippen molar-refractivity contribution in [3.8, 4) is 0 Å². The quantitative estimate of drug-likeness (QED) is 0.124. The Bertz CT molecular complexity index is 1470. The summed E-state index contributed by atoms with van der Waals surface area (Å²) in [5, 5.41) is 13.9. The van der Waals surface area contributed by atoms with E-state index in [0.717, 1.165) is 6.07 Å². The van der Waals surface area contributed by atoms with Crippen molar-refractivity contribution in [3.05, 3.63) is 105 Å². The normalized spacial score (nSPS) is 11.2. The molecule has 12 heteroatoms. The number of nitrogens with one attached hydrogen (secondary N) is 1. The molecule has 3 aromatic carbocycles. The van der Waals surface area contributed by atoms with Crippen LogP contribution in [0.3, 0.4) is 0 Å². The van der Waals surface area contributed by atoms with Gasteiger partial charge >= 0.3 is 11.9 Å². The standard InChI is InChI=1S/C29H25ClN2O9/c1-18(28(36)21-6-2-7-22(30)15-21)41-27(35)10-4-9-26(34)31-23-13-11-19(12-14-23)29(37)40-17-25(33)20-5-3-8-24(16-20)32(38)39/h2-3,5-8,11-16,18H,4,9-10,17H2,1H3,(H,31,34). The zero-order valence-corrected chi connectivity index (χ0v) is 22.6. The Morgan fingerprint density at radius 1 is 0.902 bits per heavy atom. The van der Waals surface area contributed by atoms with Crippen LogP contribution in [0.1, 0.15) is 57.3 Å². The lowest BCUT2D eigenvalue weighted by atomic mass is 10.1. The first kappa shape index (κ1) is 30.6. The highest BCUT2D eigenvalue weighted by Crippen LogP contribution is 2.16. The summed E-state index contributed by atoms with van der Waals surface area (Å²) in [6.45, 7) is 0.858. The van der Waals surface area contributed by atoms with Crippen molar-refractivity contribution in [1.82, 2.24) is 0 Å². The fraction of sp³-hybridized carbons (Fsp3) is 0.207. The van der Waals surface area contributed by atoms with Crippen molar-refractivity contribution >= 4 is 52.4 Å². The number of rotatable bonds is 13. The smallest absolute Gasteiger partial charge is 0.338 e. The average Bonchev–Trinajstić information content (AvgIpc) is 2.95. The molecule has 0 saturated heterocycles. The Morgan fingerprint density at radius 2 is 1.59 bits per heavy atom. The molecule has 0 saturated carbocycles. The van der Waals surface area contributed by atoms with Gasteiger partial charge in [-0.15, -0.1) is 0 Å². The van der Waals surface area contributed by atoms with E-state index < -0.39 is 35.4 Å². The molecule has 1 amide bonds. The lowest BCUT2D eigenvalue weighted by Gasteiger charge is -2.12. The first-order chi connectivity index (χ1) is 19.5. The van der Waals surface area contributed by atoms with Crippen LogP contribution in [0.5, 0.6) is 0 Å². The maximum absolute atomic E-state index is 12.4. The summed E-state index contributed by atoms with van der Waals surface area (Å²) < 4.78 is 10.2. The fourth-order valence-electron chi connectivity index (χ4n) is 3.58. The molecule has 0 bridgehead atoms. The van der Waals surface area contributed by atoms with Crippen LogP contribution in [-0.2, 0) is 19.1 Å². The summed E-state index contributed by atoms with van der Waals surface area (Å²) >= 11 is 5.89. The van der Waals surface area contributed by atoms with Crippen LogP contribution in [0.4, 0.5) is 11.4 Å². The maximum atomic E-state index is 12.4. The van der Waals surface area contributed by atoms with E-state index in [2.05, 4.69) is 5.32 Å². The molecule has 1 atom stereocenters. The average molecular weight is 581 g/mol. The number of hydrogen-bond acceptors (Lipinski definition) is 9. The number of carbonyl (C=O) groups is 5.